The summed E-state index contributed by atoms with van der Waals surface area (Å²) in [5.41, 5.74) is 6.43. The molecule has 1 aliphatic heterocycles. The Morgan fingerprint density at radius 1 is 0.906 bits per heavy atom. The predicted molar refractivity (Wildman–Crippen MR) is 131 cm³/mol. The van der Waals surface area contributed by atoms with E-state index in [1.54, 1.807) is 12.1 Å². The number of aromatic nitrogens is 2. The van der Waals surface area contributed by atoms with Crippen LogP contribution >= 0.6 is 12.2 Å². The molecule has 1 fully saturated rings. The van der Waals surface area contributed by atoms with Crippen LogP contribution < -0.4 is 10.2 Å². The minimum atomic E-state index is -0.115. The van der Waals surface area contributed by atoms with Crippen molar-refractivity contribution in [2.24, 2.45) is 0 Å². The molecule has 0 unspecified atom stereocenters. The lowest BCUT2D eigenvalue weighted by Crippen LogP contribution is -2.30. The van der Waals surface area contributed by atoms with E-state index in [-0.39, 0.29) is 17.8 Å². The van der Waals surface area contributed by atoms with E-state index in [0.29, 0.717) is 5.11 Å². The number of aryl methyl sites for hydroxylation is 2. The molecule has 0 aliphatic carbocycles. The van der Waals surface area contributed by atoms with Crippen molar-refractivity contribution >= 4 is 23.0 Å². The van der Waals surface area contributed by atoms with E-state index < -0.39 is 0 Å². The van der Waals surface area contributed by atoms with Crippen LogP contribution in [0.25, 0.3) is 5.69 Å². The van der Waals surface area contributed by atoms with E-state index in [1.807, 2.05) is 48.8 Å². The highest BCUT2D eigenvalue weighted by Crippen LogP contribution is 2.42. The van der Waals surface area contributed by atoms with Gasteiger partial charge in [0.25, 0.3) is 0 Å². The van der Waals surface area contributed by atoms with Crippen molar-refractivity contribution in [2.45, 2.75) is 25.9 Å². The topological polar surface area (TPSA) is 53.3 Å². The second-order valence-corrected chi connectivity index (χ2v) is 8.55. The van der Waals surface area contributed by atoms with Crippen molar-refractivity contribution in [1.29, 1.82) is 0 Å². The van der Waals surface area contributed by atoms with Crippen LogP contribution in [0.15, 0.2) is 85.2 Å². The molecule has 32 heavy (non-hydrogen) atoms. The fourth-order valence-electron chi connectivity index (χ4n) is 4.51. The monoisotopic (exact) mass is 440 g/mol. The fourth-order valence-corrected chi connectivity index (χ4v) is 4.85. The maximum Gasteiger partial charge on any atom is 0.174 e. The second kappa shape index (κ2) is 8.13. The molecule has 0 saturated carbocycles. The summed E-state index contributed by atoms with van der Waals surface area (Å²) in [4.78, 5) is 6.84. The molecule has 0 spiro atoms. The molecule has 5 nitrogen and oxygen atoms in total. The molecule has 1 saturated heterocycles. The van der Waals surface area contributed by atoms with Crippen molar-refractivity contribution < 1.29 is 5.11 Å². The highest BCUT2D eigenvalue weighted by molar-refractivity contribution is 7.80. The van der Waals surface area contributed by atoms with Gasteiger partial charge in [-0.05, 0) is 97.9 Å². The summed E-state index contributed by atoms with van der Waals surface area (Å²) in [6.45, 7) is 4.21. The van der Waals surface area contributed by atoms with Gasteiger partial charge in [-0.1, -0.05) is 12.1 Å². The molecule has 160 valence electrons. The number of phenols is 1. The molecular weight excluding hydrogens is 416 g/mol. The molecule has 4 aromatic rings. The Labute approximate surface area is 193 Å². The van der Waals surface area contributed by atoms with Crippen molar-refractivity contribution in [2.75, 3.05) is 4.90 Å². The number of rotatable bonds is 4. The van der Waals surface area contributed by atoms with Gasteiger partial charge < -0.3 is 19.9 Å². The van der Waals surface area contributed by atoms with Gasteiger partial charge in [-0.2, -0.15) is 0 Å². The summed E-state index contributed by atoms with van der Waals surface area (Å²) in [5, 5.41) is 14.0. The molecule has 6 heteroatoms. The second-order valence-electron chi connectivity index (χ2n) is 8.16. The molecule has 5 rings (SSSR count). The molecule has 2 aromatic heterocycles. The van der Waals surface area contributed by atoms with Gasteiger partial charge in [0.15, 0.2) is 5.11 Å². The minimum absolute atomic E-state index is 0.109. The summed E-state index contributed by atoms with van der Waals surface area (Å²) in [6.07, 6.45) is 3.86. The van der Waals surface area contributed by atoms with Crippen LogP contribution in [0.4, 0.5) is 5.69 Å². The van der Waals surface area contributed by atoms with Crippen LogP contribution in [0.1, 0.15) is 34.6 Å². The Bertz CT molecular complexity index is 1250. The quantitative estimate of drug-likeness (QED) is 0.418. The number of nitrogens with zero attached hydrogens (tertiary/aromatic N) is 3. The number of nitrogens with one attached hydrogen (secondary N) is 1. The summed E-state index contributed by atoms with van der Waals surface area (Å²) < 4.78 is 2.14. The number of pyridine rings is 1. The Morgan fingerprint density at radius 3 is 2.34 bits per heavy atom. The summed E-state index contributed by atoms with van der Waals surface area (Å²) in [7, 11) is 0. The normalized spacial score (nSPS) is 18.1. The third-order valence-corrected chi connectivity index (χ3v) is 6.11. The van der Waals surface area contributed by atoms with Crippen LogP contribution in [0.3, 0.4) is 0 Å². The zero-order chi connectivity index (χ0) is 22.2. The molecule has 0 radical (unpaired) electrons. The third-order valence-electron chi connectivity index (χ3n) is 5.79. The number of benzene rings is 2. The molecule has 2 atom stereocenters. The van der Waals surface area contributed by atoms with Crippen LogP contribution in [-0.4, -0.2) is 19.8 Å². The third kappa shape index (κ3) is 3.63. The first-order valence-corrected chi connectivity index (χ1v) is 11.0. The number of hydrogen-bond acceptors (Lipinski definition) is 3. The molecule has 0 bridgehead atoms. The predicted octanol–water partition coefficient (Wildman–Crippen LogP) is 5.37. The maximum absolute atomic E-state index is 9.75. The Balaban J connectivity index is 1.68. The van der Waals surface area contributed by atoms with E-state index in [2.05, 4.69) is 57.9 Å². The van der Waals surface area contributed by atoms with Gasteiger partial charge in [-0.15, -0.1) is 0 Å². The highest BCUT2D eigenvalue weighted by atomic mass is 32.1. The lowest BCUT2D eigenvalue weighted by atomic mass is 10.00. The smallest absolute Gasteiger partial charge is 0.174 e. The summed E-state index contributed by atoms with van der Waals surface area (Å²) in [5.74, 6) is 0.245. The average Bonchev–Trinajstić information content (AvgIpc) is 3.38. The van der Waals surface area contributed by atoms with Crippen LogP contribution in [0, 0.1) is 13.8 Å². The van der Waals surface area contributed by atoms with E-state index >= 15 is 0 Å². The molecule has 1 aliphatic rings. The zero-order valence-electron chi connectivity index (χ0n) is 17.9. The van der Waals surface area contributed by atoms with Gasteiger partial charge in [-0.25, -0.2) is 0 Å². The lowest BCUT2D eigenvalue weighted by molar-refractivity contribution is 0.475. The lowest BCUT2D eigenvalue weighted by Gasteiger charge is -2.29. The Morgan fingerprint density at radius 2 is 1.66 bits per heavy atom. The average molecular weight is 441 g/mol. The molecule has 2 N–H and O–H groups in total. The number of thiocarbonyl (C=S) groups is 1. The van der Waals surface area contributed by atoms with E-state index in [4.69, 9.17) is 12.2 Å². The molecule has 3 heterocycles. The SMILES string of the molecule is Cc1cc(C)cc(N2C(=S)N[C@H](c3ccccn3)[C@H]2c2cccn2-c2ccc(O)cc2)c1. The molecule has 0 amide bonds. The Kier molecular flexibility index (Phi) is 5.15. The summed E-state index contributed by atoms with van der Waals surface area (Å²) >= 11 is 5.86. The van der Waals surface area contributed by atoms with Gasteiger partial charge in [0, 0.05) is 29.5 Å². The molecule has 2 aromatic carbocycles. The van der Waals surface area contributed by atoms with Crippen LogP contribution in [0.5, 0.6) is 5.75 Å². The van der Waals surface area contributed by atoms with Crippen molar-refractivity contribution in [3.05, 3.63) is 108 Å². The maximum atomic E-state index is 9.75. The van der Waals surface area contributed by atoms with Crippen molar-refractivity contribution in [3.63, 3.8) is 0 Å². The highest BCUT2D eigenvalue weighted by Gasteiger charge is 2.42. The number of phenolic OH excluding ortho intramolecular Hbond substituents is 1. The summed E-state index contributed by atoms with van der Waals surface area (Å²) in [6, 6.07) is 23.6. The number of anilines is 1. The first kappa shape index (κ1) is 20.3. The number of aromatic hydroxyl groups is 1. The fraction of sp³-hybridized carbons (Fsp3) is 0.154. The Hall–Kier alpha value is -3.64. The van der Waals surface area contributed by atoms with Gasteiger partial charge in [0.05, 0.1) is 11.7 Å². The minimum Gasteiger partial charge on any atom is -0.508 e. The molecular formula is C26H24N4OS. The standard InChI is InChI=1S/C26H24N4OS/c1-17-14-18(2)16-20(15-17)30-25(24(28-26(30)32)22-6-3-4-12-27-22)23-7-5-13-29(23)19-8-10-21(31)11-9-19/h3-16,24-25,31H,1-2H3,(H,28,32)/t24-,25-/m1/s1. The van der Waals surface area contributed by atoms with Gasteiger partial charge >= 0.3 is 0 Å². The number of hydrogen-bond donors (Lipinski definition) is 2. The van der Waals surface area contributed by atoms with Gasteiger partial charge in [-0.3, -0.25) is 4.98 Å². The van der Waals surface area contributed by atoms with E-state index in [0.717, 1.165) is 22.8 Å². The zero-order valence-corrected chi connectivity index (χ0v) is 18.8. The first-order valence-electron chi connectivity index (χ1n) is 10.6. The largest absolute Gasteiger partial charge is 0.508 e. The van der Waals surface area contributed by atoms with Crippen molar-refractivity contribution in [3.8, 4) is 11.4 Å². The van der Waals surface area contributed by atoms with Gasteiger partial charge in [0.2, 0.25) is 0 Å². The van der Waals surface area contributed by atoms with Crippen molar-refractivity contribution in [1.82, 2.24) is 14.9 Å². The van der Waals surface area contributed by atoms with E-state index in [1.165, 1.54) is 11.1 Å². The van der Waals surface area contributed by atoms with Crippen LogP contribution in [0.2, 0.25) is 0 Å². The van der Waals surface area contributed by atoms with Crippen LogP contribution in [-0.2, 0) is 0 Å². The van der Waals surface area contributed by atoms with E-state index in [9.17, 15) is 5.11 Å². The first-order chi connectivity index (χ1) is 15.5. The van der Waals surface area contributed by atoms with Gasteiger partial charge in [0.1, 0.15) is 11.8 Å².